The topological polar surface area (TPSA) is 84.5 Å². The molecule has 0 radical (unpaired) electrons. The van der Waals surface area contributed by atoms with E-state index in [1.54, 1.807) is 49.4 Å². The van der Waals surface area contributed by atoms with Gasteiger partial charge in [0.2, 0.25) is 5.91 Å². The fourth-order valence-corrected chi connectivity index (χ4v) is 3.53. The summed E-state index contributed by atoms with van der Waals surface area (Å²) >= 11 is 6.44. The zero-order chi connectivity index (χ0) is 23.8. The quantitative estimate of drug-likeness (QED) is 0.304. The highest BCUT2D eigenvalue weighted by Crippen LogP contribution is 2.29. The Bertz CT molecular complexity index is 1180. The monoisotopic (exact) mass is 464 g/mol. The Morgan fingerprint density at radius 1 is 0.879 bits per heavy atom. The lowest BCUT2D eigenvalue weighted by Gasteiger charge is -2.14. The lowest BCUT2D eigenvalue weighted by atomic mass is 9.99. The first-order valence-corrected chi connectivity index (χ1v) is 11.0. The fraction of sp³-hybridized carbons (Fsp3) is 0.192. The molecule has 6 nitrogen and oxygen atoms in total. The summed E-state index contributed by atoms with van der Waals surface area (Å²) in [4.78, 5) is 36.6. The molecule has 0 unspecified atom stereocenters. The van der Waals surface area contributed by atoms with E-state index in [9.17, 15) is 14.4 Å². The highest BCUT2D eigenvalue weighted by Gasteiger charge is 2.16. The van der Waals surface area contributed by atoms with Gasteiger partial charge < -0.3 is 15.4 Å². The van der Waals surface area contributed by atoms with Crippen LogP contribution in [0.2, 0.25) is 5.02 Å². The molecule has 33 heavy (non-hydrogen) atoms. The number of ketones is 1. The Kier molecular flexibility index (Phi) is 8.22. The van der Waals surface area contributed by atoms with Crippen molar-refractivity contribution in [2.45, 2.75) is 26.7 Å². The molecular formula is C26H25ClN2O4. The number of anilines is 3. The van der Waals surface area contributed by atoms with Crippen LogP contribution in [0.5, 0.6) is 0 Å². The zero-order valence-corrected chi connectivity index (χ0v) is 19.2. The Hall–Kier alpha value is -3.64. The Morgan fingerprint density at radius 2 is 1.58 bits per heavy atom. The SMILES string of the molecule is CCOC(=O)CCC(=O)Nc1ccccc1Nc1ccc(C(=O)c2ccccc2C)c(Cl)c1. The number of hydrogen-bond donors (Lipinski definition) is 2. The van der Waals surface area contributed by atoms with Crippen molar-refractivity contribution < 1.29 is 19.1 Å². The largest absolute Gasteiger partial charge is 0.466 e. The van der Waals surface area contributed by atoms with Gasteiger partial charge in [-0.05, 0) is 49.7 Å². The van der Waals surface area contributed by atoms with Crippen LogP contribution in [0, 0.1) is 6.92 Å². The van der Waals surface area contributed by atoms with E-state index in [2.05, 4.69) is 10.6 Å². The van der Waals surface area contributed by atoms with E-state index >= 15 is 0 Å². The van der Waals surface area contributed by atoms with Crippen LogP contribution >= 0.6 is 11.6 Å². The second-order valence-electron chi connectivity index (χ2n) is 7.36. The minimum absolute atomic E-state index is 0.0151. The van der Waals surface area contributed by atoms with Crippen molar-refractivity contribution in [1.82, 2.24) is 0 Å². The molecule has 3 aromatic carbocycles. The lowest BCUT2D eigenvalue weighted by Crippen LogP contribution is -2.15. The van der Waals surface area contributed by atoms with Crippen LogP contribution < -0.4 is 10.6 Å². The third-order valence-electron chi connectivity index (χ3n) is 4.95. The second kappa shape index (κ2) is 11.3. The number of hydrogen-bond acceptors (Lipinski definition) is 5. The highest BCUT2D eigenvalue weighted by molar-refractivity contribution is 6.35. The van der Waals surface area contributed by atoms with Crippen LogP contribution in [-0.4, -0.2) is 24.3 Å². The van der Waals surface area contributed by atoms with Crippen LogP contribution in [0.1, 0.15) is 41.3 Å². The van der Waals surface area contributed by atoms with Crippen molar-refractivity contribution in [3.05, 3.63) is 88.4 Å². The van der Waals surface area contributed by atoms with Gasteiger partial charge in [0.15, 0.2) is 5.78 Å². The van der Waals surface area contributed by atoms with Gasteiger partial charge in [-0.1, -0.05) is 48.0 Å². The van der Waals surface area contributed by atoms with Gasteiger partial charge in [-0.3, -0.25) is 14.4 Å². The van der Waals surface area contributed by atoms with Crippen molar-refractivity contribution in [3.63, 3.8) is 0 Å². The molecule has 2 N–H and O–H groups in total. The van der Waals surface area contributed by atoms with Crippen LogP contribution in [0.15, 0.2) is 66.7 Å². The molecule has 0 aliphatic heterocycles. The number of nitrogens with one attached hydrogen (secondary N) is 2. The summed E-state index contributed by atoms with van der Waals surface area (Å²) < 4.78 is 4.85. The number of amides is 1. The number of aryl methyl sites for hydroxylation is 1. The molecule has 3 rings (SSSR count). The molecule has 0 spiro atoms. The summed E-state index contributed by atoms with van der Waals surface area (Å²) in [5.41, 5.74) is 3.77. The van der Waals surface area contributed by atoms with Crippen LogP contribution in [0.3, 0.4) is 0 Å². The molecule has 0 aromatic heterocycles. The summed E-state index contributed by atoms with van der Waals surface area (Å²) in [6.45, 7) is 3.89. The fourth-order valence-electron chi connectivity index (χ4n) is 3.27. The predicted molar refractivity (Wildman–Crippen MR) is 130 cm³/mol. The first-order valence-electron chi connectivity index (χ1n) is 10.6. The number of benzene rings is 3. The van der Waals surface area contributed by atoms with Gasteiger partial charge in [0.05, 0.1) is 29.4 Å². The molecular weight excluding hydrogens is 440 g/mol. The molecule has 0 aliphatic rings. The van der Waals surface area contributed by atoms with E-state index in [-0.39, 0.29) is 31.1 Å². The molecule has 0 heterocycles. The summed E-state index contributed by atoms with van der Waals surface area (Å²) in [6.07, 6.45) is 0.0377. The maximum atomic E-state index is 12.9. The minimum Gasteiger partial charge on any atom is -0.466 e. The summed E-state index contributed by atoms with van der Waals surface area (Å²) in [5, 5.41) is 6.35. The number of halogens is 1. The van der Waals surface area contributed by atoms with E-state index in [4.69, 9.17) is 16.3 Å². The molecule has 170 valence electrons. The average molecular weight is 465 g/mol. The average Bonchev–Trinajstić information content (AvgIpc) is 2.79. The maximum Gasteiger partial charge on any atom is 0.306 e. The van der Waals surface area contributed by atoms with Gasteiger partial charge in [-0.2, -0.15) is 0 Å². The summed E-state index contributed by atoms with van der Waals surface area (Å²) in [7, 11) is 0. The molecule has 0 saturated heterocycles. The number of esters is 1. The van der Waals surface area contributed by atoms with Gasteiger partial charge >= 0.3 is 5.97 Å². The zero-order valence-electron chi connectivity index (χ0n) is 18.5. The standard InChI is InChI=1S/C26H25ClN2O4/c1-3-33-25(31)15-14-24(30)29-23-11-7-6-10-22(23)28-18-12-13-20(21(27)16-18)26(32)19-9-5-4-8-17(19)2/h4-13,16,28H,3,14-15H2,1-2H3,(H,29,30). The number of carbonyl (C=O) groups is 3. The number of ether oxygens (including phenoxy) is 1. The molecule has 1 amide bonds. The van der Waals surface area contributed by atoms with E-state index in [0.29, 0.717) is 33.2 Å². The van der Waals surface area contributed by atoms with Crippen LogP contribution in [0.4, 0.5) is 17.1 Å². The third-order valence-corrected chi connectivity index (χ3v) is 5.26. The number of para-hydroxylation sites is 2. The minimum atomic E-state index is -0.408. The normalized spacial score (nSPS) is 10.4. The second-order valence-corrected chi connectivity index (χ2v) is 7.77. The molecule has 0 bridgehead atoms. The van der Waals surface area contributed by atoms with Crippen molar-refractivity contribution in [2.24, 2.45) is 0 Å². The van der Waals surface area contributed by atoms with Crippen molar-refractivity contribution >= 4 is 46.3 Å². The first-order chi connectivity index (χ1) is 15.9. The molecule has 3 aromatic rings. The molecule has 0 fully saturated rings. The first kappa shape index (κ1) is 24.0. The van der Waals surface area contributed by atoms with Gasteiger partial charge in [0, 0.05) is 23.2 Å². The van der Waals surface area contributed by atoms with Gasteiger partial charge in [0.25, 0.3) is 0 Å². The smallest absolute Gasteiger partial charge is 0.306 e. The van der Waals surface area contributed by atoms with E-state index < -0.39 is 5.97 Å². The van der Waals surface area contributed by atoms with E-state index in [1.807, 2.05) is 31.2 Å². The molecule has 0 atom stereocenters. The predicted octanol–water partition coefficient (Wildman–Crippen LogP) is 5.90. The van der Waals surface area contributed by atoms with Crippen molar-refractivity contribution in [2.75, 3.05) is 17.2 Å². The van der Waals surface area contributed by atoms with Crippen LogP contribution in [0.25, 0.3) is 0 Å². The lowest BCUT2D eigenvalue weighted by molar-refractivity contribution is -0.144. The Balaban J connectivity index is 1.72. The Labute approximate surface area is 197 Å². The van der Waals surface area contributed by atoms with E-state index in [1.165, 1.54) is 0 Å². The third kappa shape index (κ3) is 6.43. The number of rotatable bonds is 9. The maximum absolute atomic E-state index is 12.9. The van der Waals surface area contributed by atoms with Gasteiger partial charge in [-0.15, -0.1) is 0 Å². The van der Waals surface area contributed by atoms with Crippen molar-refractivity contribution in [3.8, 4) is 0 Å². The van der Waals surface area contributed by atoms with Crippen molar-refractivity contribution in [1.29, 1.82) is 0 Å². The van der Waals surface area contributed by atoms with Gasteiger partial charge in [0.1, 0.15) is 0 Å². The molecule has 7 heteroatoms. The Morgan fingerprint density at radius 3 is 2.27 bits per heavy atom. The molecule has 0 aliphatic carbocycles. The highest BCUT2D eigenvalue weighted by atomic mass is 35.5. The summed E-state index contributed by atoms with van der Waals surface area (Å²) in [6, 6.07) is 19.7. The van der Waals surface area contributed by atoms with Crippen LogP contribution in [-0.2, 0) is 14.3 Å². The van der Waals surface area contributed by atoms with E-state index in [0.717, 1.165) is 5.56 Å². The summed E-state index contributed by atoms with van der Waals surface area (Å²) in [5.74, 6) is -0.845. The van der Waals surface area contributed by atoms with Gasteiger partial charge in [-0.25, -0.2) is 0 Å². The number of carbonyl (C=O) groups excluding carboxylic acids is 3. The molecule has 0 saturated carbocycles.